The van der Waals surface area contributed by atoms with Crippen LogP contribution in [0.2, 0.25) is 0 Å². The third kappa shape index (κ3) is 3.08. The second-order valence-corrected chi connectivity index (χ2v) is 6.34. The number of benzene rings is 1. The van der Waals surface area contributed by atoms with Crippen molar-refractivity contribution in [2.45, 2.75) is 64.2 Å². The average Bonchev–Trinajstić information content (AvgIpc) is 2.91. The van der Waals surface area contributed by atoms with Gasteiger partial charge in [0.05, 0.1) is 11.4 Å². The maximum Gasteiger partial charge on any atom is 0.219 e. The molecule has 118 valence electrons. The predicted octanol–water partition coefficient (Wildman–Crippen LogP) is 5.40. The van der Waals surface area contributed by atoms with Crippen molar-refractivity contribution >= 4 is 0 Å². The summed E-state index contributed by atoms with van der Waals surface area (Å²) < 4.78 is 16.5. The summed E-state index contributed by atoms with van der Waals surface area (Å²) in [6.45, 7) is 2.15. The van der Waals surface area contributed by atoms with Crippen LogP contribution in [0.25, 0.3) is 5.69 Å². The molecular weight excluding hydrogens is 275 g/mol. The Morgan fingerprint density at radius 2 is 1.86 bits per heavy atom. The van der Waals surface area contributed by atoms with Gasteiger partial charge in [-0.15, -0.1) is 0 Å². The van der Waals surface area contributed by atoms with Crippen molar-refractivity contribution in [3.05, 3.63) is 47.5 Å². The van der Waals surface area contributed by atoms with Gasteiger partial charge in [-0.1, -0.05) is 50.8 Å². The van der Waals surface area contributed by atoms with Crippen molar-refractivity contribution in [2.75, 3.05) is 0 Å². The lowest BCUT2D eigenvalue weighted by atomic mass is 9.85. The van der Waals surface area contributed by atoms with Crippen molar-refractivity contribution < 1.29 is 4.39 Å². The van der Waals surface area contributed by atoms with Crippen molar-refractivity contribution in [1.82, 2.24) is 9.78 Å². The lowest BCUT2D eigenvalue weighted by Crippen LogP contribution is -2.08. The van der Waals surface area contributed by atoms with E-state index in [9.17, 15) is 4.39 Å². The Morgan fingerprint density at radius 1 is 1.14 bits per heavy atom. The number of hydrogen-bond acceptors (Lipinski definition) is 1. The first-order valence-corrected chi connectivity index (χ1v) is 8.64. The number of para-hydroxylation sites is 1. The molecule has 0 amide bonds. The number of aromatic nitrogens is 2. The molecule has 0 saturated heterocycles. The SMILES string of the molecule is CCCCc1c(C2CCCCC2)nn(-c2ccccc2)c1F. The highest BCUT2D eigenvalue weighted by molar-refractivity contribution is 5.34. The van der Waals surface area contributed by atoms with Gasteiger partial charge in [0.2, 0.25) is 5.95 Å². The number of halogens is 1. The highest BCUT2D eigenvalue weighted by Gasteiger charge is 2.26. The zero-order chi connectivity index (χ0) is 15.4. The fraction of sp³-hybridized carbons (Fsp3) is 0.526. The summed E-state index contributed by atoms with van der Waals surface area (Å²) in [4.78, 5) is 0. The minimum absolute atomic E-state index is 0.153. The van der Waals surface area contributed by atoms with Crippen molar-refractivity contribution in [1.29, 1.82) is 0 Å². The predicted molar refractivity (Wildman–Crippen MR) is 88.0 cm³/mol. The quantitative estimate of drug-likeness (QED) is 0.722. The van der Waals surface area contributed by atoms with Gasteiger partial charge < -0.3 is 0 Å². The fourth-order valence-corrected chi connectivity index (χ4v) is 3.47. The number of rotatable bonds is 5. The first-order chi connectivity index (χ1) is 10.8. The third-order valence-corrected chi connectivity index (χ3v) is 4.72. The Kier molecular flexibility index (Phi) is 4.91. The van der Waals surface area contributed by atoms with Gasteiger partial charge in [-0.2, -0.15) is 9.49 Å². The Balaban J connectivity index is 1.99. The Bertz CT molecular complexity index is 597. The average molecular weight is 300 g/mol. The van der Waals surface area contributed by atoms with Gasteiger partial charge in [0.25, 0.3) is 0 Å². The van der Waals surface area contributed by atoms with Gasteiger partial charge in [0.15, 0.2) is 0 Å². The monoisotopic (exact) mass is 300 g/mol. The van der Waals surface area contributed by atoms with E-state index < -0.39 is 0 Å². The van der Waals surface area contributed by atoms with Gasteiger partial charge in [-0.3, -0.25) is 0 Å². The van der Waals surface area contributed by atoms with Crippen LogP contribution in [-0.2, 0) is 6.42 Å². The highest BCUT2D eigenvalue weighted by atomic mass is 19.1. The molecular formula is C19H25FN2. The van der Waals surface area contributed by atoms with Gasteiger partial charge in [-0.25, -0.2) is 4.68 Å². The molecule has 0 N–H and O–H groups in total. The Hall–Kier alpha value is -1.64. The molecule has 3 heteroatoms. The molecule has 1 aromatic heterocycles. The van der Waals surface area contributed by atoms with Crippen LogP contribution in [0.1, 0.15) is 69.0 Å². The molecule has 22 heavy (non-hydrogen) atoms. The van der Waals surface area contributed by atoms with Gasteiger partial charge >= 0.3 is 0 Å². The molecule has 1 fully saturated rings. The van der Waals surface area contributed by atoms with Crippen LogP contribution in [0.3, 0.4) is 0 Å². The molecule has 1 aliphatic carbocycles. The Labute approximate surface area is 132 Å². The van der Waals surface area contributed by atoms with Gasteiger partial charge in [-0.05, 0) is 37.8 Å². The normalized spacial score (nSPS) is 16.1. The molecule has 0 aliphatic heterocycles. The van der Waals surface area contributed by atoms with E-state index in [2.05, 4.69) is 6.92 Å². The van der Waals surface area contributed by atoms with Crippen LogP contribution in [0.4, 0.5) is 4.39 Å². The lowest BCUT2D eigenvalue weighted by Gasteiger charge is -2.20. The molecule has 2 nitrogen and oxygen atoms in total. The minimum Gasteiger partial charge on any atom is -0.206 e. The summed E-state index contributed by atoms with van der Waals surface area (Å²) in [5.41, 5.74) is 2.70. The van der Waals surface area contributed by atoms with Crippen LogP contribution in [-0.4, -0.2) is 9.78 Å². The van der Waals surface area contributed by atoms with Gasteiger partial charge in [0.1, 0.15) is 0 Å². The summed E-state index contributed by atoms with van der Waals surface area (Å²) >= 11 is 0. The summed E-state index contributed by atoms with van der Waals surface area (Å²) in [6, 6.07) is 9.66. The maximum atomic E-state index is 15.0. The second kappa shape index (κ2) is 7.08. The lowest BCUT2D eigenvalue weighted by molar-refractivity contribution is 0.432. The summed E-state index contributed by atoms with van der Waals surface area (Å²) in [7, 11) is 0. The van der Waals surface area contributed by atoms with E-state index in [-0.39, 0.29) is 5.95 Å². The zero-order valence-electron chi connectivity index (χ0n) is 13.4. The molecule has 0 radical (unpaired) electrons. The zero-order valence-corrected chi connectivity index (χ0v) is 13.4. The molecule has 1 aromatic carbocycles. The summed E-state index contributed by atoms with van der Waals surface area (Å²) in [5, 5.41) is 4.70. The van der Waals surface area contributed by atoms with E-state index in [1.165, 1.54) is 23.9 Å². The van der Waals surface area contributed by atoms with Crippen LogP contribution in [0, 0.1) is 5.95 Å². The van der Waals surface area contributed by atoms with Crippen molar-refractivity contribution in [2.24, 2.45) is 0 Å². The van der Waals surface area contributed by atoms with Crippen molar-refractivity contribution in [3.8, 4) is 5.69 Å². The largest absolute Gasteiger partial charge is 0.219 e. The topological polar surface area (TPSA) is 17.8 Å². The molecule has 1 saturated carbocycles. The first-order valence-electron chi connectivity index (χ1n) is 8.64. The molecule has 1 aliphatic rings. The summed E-state index contributed by atoms with van der Waals surface area (Å²) in [6.07, 6.45) is 9.03. The van der Waals surface area contributed by atoms with E-state index in [0.717, 1.165) is 49.0 Å². The van der Waals surface area contributed by atoms with Crippen molar-refractivity contribution in [3.63, 3.8) is 0 Å². The first kappa shape index (κ1) is 15.3. The van der Waals surface area contributed by atoms with Crippen LogP contribution >= 0.6 is 0 Å². The van der Waals surface area contributed by atoms with Crippen LogP contribution in [0.15, 0.2) is 30.3 Å². The second-order valence-electron chi connectivity index (χ2n) is 6.34. The van der Waals surface area contributed by atoms with Gasteiger partial charge in [0, 0.05) is 11.5 Å². The molecule has 2 aromatic rings. The van der Waals surface area contributed by atoms with E-state index >= 15 is 0 Å². The fourth-order valence-electron chi connectivity index (χ4n) is 3.47. The smallest absolute Gasteiger partial charge is 0.206 e. The number of hydrogen-bond donors (Lipinski definition) is 0. The van der Waals surface area contributed by atoms with E-state index in [1.807, 2.05) is 30.3 Å². The van der Waals surface area contributed by atoms with E-state index in [0.29, 0.717) is 5.92 Å². The van der Waals surface area contributed by atoms with Crippen LogP contribution < -0.4 is 0 Å². The summed E-state index contributed by atoms with van der Waals surface area (Å²) in [5.74, 6) is 0.292. The number of unbranched alkanes of at least 4 members (excludes halogenated alkanes) is 1. The Morgan fingerprint density at radius 3 is 2.55 bits per heavy atom. The molecule has 0 atom stereocenters. The molecule has 0 unspecified atom stereocenters. The third-order valence-electron chi connectivity index (χ3n) is 4.72. The number of nitrogens with zero attached hydrogens (tertiary/aromatic N) is 2. The molecule has 0 spiro atoms. The maximum absolute atomic E-state index is 15.0. The van der Waals surface area contributed by atoms with E-state index in [4.69, 9.17) is 5.10 Å². The highest BCUT2D eigenvalue weighted by Crippen LogP contribution is 2.35. The van der Waals surface area contributed by atoms with Crippen LogP contribution in [0.5, 0.6) is 0 Å². The molecule has 3 rings (SSSR count). The molecule has 0 bridgehead atoms. The standard InChI is InChI=1S/C19H25FN2/c1-2-3-14-17-18(15-10-6-4-7-11-15)21-22(19(17)20)16-12-8-5-9-13-16/h5,8-9,12-13,15H,2-4,6-7,10-11,14H2,1H3. The van der Waals surface area contributed by atoms with E-state index in [1.54, 1.807) is 0 Å². The minimum atomic E-state index is -0.153. The molecule has 1 heterocycles.